The maximum atomic E-state index is 12.5. The number of ether oxygens (including phenoxy) is 1. The topological polar surface area (TPSA) is 26.3 Å². The first kappa shape index (κ1) is 13.5. The lowest BCUT2D eigenvalue weighted by molar-refractivity contribution is -0.120. The predicted octanol–water partition coefficient (Wildman–Crippen LogP) is 4.28. The zero-order valence-corrected chi connectivity index (χ0v) is 12.1. The number of hydrogen-bond acceptors (Lipinski definition) is 2. The molecule has 0 aliphatic carbocycles. The van der Waals surface area contributed by atoms with E-state index in [9.17, 15) is 4.79 Å². The molecule has 0 aromatic heterocycles. The summed E-state index contributed by atoms with van der Waals surface area (Å²) >= 11 is 12.2. The van der Waals surface area contributed by atoms with Gasteiger partial charge in [-0.2, -0.15) is 0 Å². The third kappa shape index (κ3) is 2.41. The highest BCUT2D eigenvalue weighted by Crippen LogP contribution is 2.35. The first-order valence-electron chi connectivity index (χ1n) is 6.34. The Labute approximate surface area is 127 Å². The van der Waals surface area contributed by atoms with Crippen molar-refractivity contribution in [3.8, 4) is 5.75 Å². The van der Waals surface area contributed by atoms with Crippen LogP contribution in [0, 0.1) is 0 Å². The molecule has 0 fully saturated rings. The maximum Gasteiger partial charge on any atom is 0.148 e. The summed E-state index contributed by atoms with van der Waals surface area (Å²) in [4.78, 5) is 12.5. The van der Waals surface area contributed by atoms with E-state index in [1.165, 1.54) is 0 Å². The molecule has 20 heavy (non-hydrogen) atoms. The van der Waals surface area contributed by atoms with Crippen molar-refractivity contribution < 1.29 is 9.53 Å². The first-order valence-corrected chi connectivity index (χ1v) is 7.09. The Morgan fingerprint density at radius 1 is 1.10 bits per heavy atom. The van der Waals surface area contributed by atoms with Crippen LogP contribution in [0.15, 0.2) is 42.5 Å². The lowest BCUT2D eigenvalue weighted by Gasteiger charge is -2.10. The summed E-state index contributed by atoms with van der Waals surface area (Å²) in [6.07, 6.45) is 0.223. The minimum atomic E-state index is -0.237. The molecule has 1 heterocycles. The van der Waals surface area contributed by atoms with E-state index in [0.29, 0.717) is 22.2 Å². The molecule has 2 nitrogen and oxygen atoms in total. The van der Waals surface area contributed by atoms with Gasteiger partial charge in [0, 0.05) is 22.0 Å². The second kappa shape index (κ2) is 5.47. The van der Waals surface area contributed by atoms with Crippen LogP contribution in [-0.4, -0.2) is 12.4 Å². The normalized spacial score (nSPS) is 16.6. The monoisotopic (exact) mass is 306 g/mol. The van der Waals surface area contributed by atoms with Crippen LogP contribution in [0.5, 0.6) is 5.75 Å². The molecule has 1 atom stereocenters. The second-order valence-corrected chi connectivity index (χ2v) is 5.56. The Balaban J connectivity index is 1.85. The summed E-state index contributed by atoms with van der Waals surface area (Å²) in [5, 5.41) is 1.05. The number of rotatable bonds is 3. The highest BCUT2D eigenvalue weighted by molar-refractivity contribution is 6.36. The highest BCUT2D eigenvalue weighted by Gasteiger charge is 2.30. The van der Waals surface area contributed by atoms with Gasteiger partial charge in [0.25, 0.3) is 0 Å². The van der Waals surface area contributed by atoms with Gasteiger partial charge >= 0.3 is 0 Å². The van der Waals surface area contributed by atoms with Crippen LogP contribution in [0.2, 0.25) is 10.0 Å². The molecule has 0 amide bonds. The summed E-state index contributed by atoms with van der Waals surface area (Å²) < 4.78 is 5.54. The van der Waals surface area contributed by atoms with Gasteiger partial charge in [-0.15, -0.1) is 0 Å². The van der Waals surface area contributed by atoms with Gasteiger partial charge < -0.3 is 4.74 Å². The van der Waals surface area contributed by atoms with E-state index >= 15 is 0 Å². The van der Waals surface area contributed by atoms with Gasteiger partial charge in [-0.1, -0.05) is 47.5 Å². The Hall–Kier alpha value is -1.51. The van der Waals surface area contributed by atoms with Crippen molar-refractivity contribution in [3.63, 3.8) is 0 Å². The second-order valence-electron chi connectivity index (χ2n) is 4.74. The molecule has 2 aromatic carbocycles. The van der Waals surface area contributed by atoms with Crippen LogP contribution in [0.3, 0.4) is 0 Å². The lowest BCUT2D eigenvalue weighted by Crippen LogP contribution is -2.16. The van der Waals surface area contributed by atoms with E-state index in [2.05, 4.69) is 0 Å². The average molecular weight is 307 g/mol. The fraction of sp³-hybridized carbons (Fsp3) is 0.188. The molecule has 2 aromatic rings. The van der Waals surface area contributed by atoms with E-state index in [4.69, 9.17) is 27.9 Å². The molecule has 0 N–H and O–H groups in total. The number of fused-ring (bicyclic) bond motifs is 1. The summed E-state index contributed by atoms with van der Waals surface area (Å²) in [7, 11) is 0. The molecule has 0 saturated heterocycles. The van der Waals surface area contributed by atoms with E-state index < -0.39 is 0 Å². The van der Waals surface area contributed by atoms with E-state index in [0.717, 1.165) is 11.3 Å². The third-order valence-electron chi connectivity index (χ3n) is 3.50. The summed E-state index contributed by atoms with van der Waals surface area (Å²) in [6, 6.07) is 12.9. The van der Waals surface area contributed by atoms with Crippen LogP contribution >= 0.6 is 23.2 Å². The quantitative estimate of drug-likeness (QED) is 0.846. The van der Waals surface area contributed by atoms with Crippen molar-refractivity contribution in [3.05, 3.63) is 63.6 Å². The molecular weight excluding hydrogens is 295 g/mol. The zero-order chi connectivity index (χ0) is 14.1. The minimum absolute atomic E-state index is 0.0740. The number of Topliss-reactive ketones (excluding diaryl/α,β-unsaturated/α-hetero) is 1. The van der Waals surface area contributed by atoms with Crippen LogP contribution in [0.25, 0.3) is 0 Å². The van der Waals surface area contributed by atoms with Crippen molar-refractivity contribution in [1.82, 2.24) is 0 Å². The van der Waals surface area contributed by atoms with Crippen LogP contribution < -0.4 is 4.74 Å². The van der Waals surface area contributed by atoms with Gasteiger partial charge in [0.2, 0.25) is 0 Å². The molecule has 0 spiro atoms. The molecule has 0 bridgehead atoms. The van der Waals surface area contributed by atoms with E-state index in [1.54, 1.807) is 18.2 Å². The summed E-state index contributed by atoms with van der Waals surface area (Å²) in [5.74, 6) is 0.625. The van der Waals surface area contributed by atoms with Gasteiger partial charge in [-0.05, 0) is 23.8 Å². The molecule has 3 rings (SSSR count). The van der Waals surface area contributed by atoms with Crippen molar-refractivity contribution in [2.24, 2.45) is 0 Å². The molecule has 1 unspecified atom stereocenters. The van der Waals surface area contributed by atoms with Gasteiger partial charge in [0.1, 0.15) is 18.1 Å². The van der Waals surface area contributed by atoms with Gasteiger partial charge in [0.15, 0.2) is 0 Å². The fourth-order valence-corrected chi connectivity index (χ4v) is 2.96. The molecule has 0 saturated carbocycles. The van der Waals surface area contributed by atoms with E-state index in [1.807, 2.05) is 24.3 Å². The van der Waals surface area contributed by atoms with Crippen LogP contribution in [-0.2, 0) is 11.2 Å². The Kier molecular flexibility index (Phi) is 3.68. The highest BCUT2D eigenvalue weighted by atomic mass is 35.5. The Bertz CT molecular complexity index is 647. The predicted molar refractivity (Wildman–Crippen MR) is 79.9 cm³/mol. The van der Waals surface area contributed by atoms with Crippen molar-refractivity contribution in [2.45, 2.75) is 12.3 Å². The van der Waals surface area contributed by atoms with Gasteiger partial charge in [-0.25, -0.2) is 0 Å². The Morgan fingerprint density at radius 3 is 2.55 bits per heavy atom. The summed E-state index contributed by atoms with van der Waals surface area (Å²) in [6.45, 7) is 0.389. The molecule has 0 radical (unpaired) electrons. The number of carbonyl (C=O) groups is 1. The van der Waals surface area contributed by atoms with Crippen molar-refractivity contribution in [2.75, 3.05) is 6.61 Å². The van der Waals surface area contributed by atoms with Crippen LogP contribution in [0.4, 0.5) is 0 Å². The summed E-state index contributed by atoms with van der Waals surface area (Å²) in [5.41, 5.74) is 1.63. The molecular formula is C16H12Cl2O2. The van der Waals surface area contributed by atoms with Crippen molar-refractivity contribution >= 4 is 29.0 Å². The molecule has 102 valence electrons. The fourth-order valence-electron chi connectivity index (χ4n) is 2.43. The molecule has 1 aliphatic heterocycles. The minimum Gasteiger partial charge on any atom is -0.492 e. The number of ketones is 1. The molecule has 1 aliphatic rings. The number of para-hydroxylation sites is 1. The Morgan fingerprint density at radius 2 is 1.80 bits per heavy atom. The third-order valence-corrected chi connectivity index (χ3v) is 4.21. The van der Waals surface area contributed by atoms with Crippen LogP contribution in [0.1, 0.15) is 17.0 Å². The molecule has 4 heteroatoms. The maximum absolute atomic E-state index is 12.5. The lowest BCUT2D eigenvalue weighted by atomic mass is 9.93. The van der Waals surface area contributed by atoms with Gasteiger partial charge in [-0.3, -0.25) is 4.79 Å². The number of halogens is 2. The zero-order valence-electron chi connectivity index (χ0n) is 10.6. The average Bonchev–Trinajstić information content (AvgIpc) is 2.87. The standard InChI is InChI=1S/C16H12Cl2O2/c17-13-5-3-6-14(18)11(13)8-15(19)12-9-20-16-7-2-1-4-10(12)16/h1-7,12H,8-9H2. The number of benzene rings is 2. The smallest absolute Gasteiger partial charge is 0.148 e. The van der Waals surface area contributed by atoms with Crippen molar-refractivity contribution in [1.29, 1.82) is 0 Å². The first-order chi connectivity index (χ1) is 9.66. The number of hydrogen-bond donors (Lipinski definition) is 0. The number of carbonyl (C=O) groups excluding carboxylic acids is 1. The van der Waals surface area contributed by atoms with Gasteiger partial charge in [0.05, 0.1) is 5.92 Å². The SMILES string of the molecule is O=C(Cc1c(Cl)cccc1Cl)C1COc2ccccc21. The largest absolute Gasteiger partial charge is 0.492 e. The van der Waals surface area contributed by atoms with E-state index in [-0.39, 0.29) is 18.1 Å².